The Bertz CT molecular complexity index is 233. The van der Waals surface area contributed by atoms with Gasteiger partial charge in [-0.15, -0.1) is 0 Å². The highest BCUT2D eigenvalue weighted by molar-refractivity contribution is 7.90. The smallest absolute Gasteiger partial charge is 0.212 e. The number of nitrogens with zero attached hydrogens (tertiary/aromatic N) is 1. The molecule has 1 aliphatic rings. The van der Waals surface area contributed by atoms with Crippen molar-refractivity contribution in [3.8, 4) is 0 Å². The third-order valence-corrected chi connectivity index (χ3v) is 4.68. The minimum Gasteiger partial charge on any atom is -0.212 e. The van der Waals surface area contributed by atoms with E-state index in [0.717, 1.165) is 6.42 Å². The van der Waals surface area contributed by atoms with Crippen LogP contribution in [0.2, 0.25) is 0 Å². The summed E-state index contributed by atoms with van der Waals surface area (Å²) in [6.07, 6.45) is 0.778. The van der Waals surface area contributed by atoms with Crippen molar-refractivity contribution >= 4 is 10.0 Å². The van der Waals surface area contributed by atoms with Crippen LogP contribution in [0.5, 0.6) is 0 Å². The molecule has 0 aromatic heterocycles. The Morgan fingerprint density at radius 2 is 2.00 bits per heavy atom. The lowest BCUT2D eigenvalue weighted by molar-refractivity contribution is 0.381. The van der Waals surface area contributed by atoms with Crippen molar-refractivity contribution in [2.24, 2.45) is 0 Å². The summed E-state index contributed by atoms with van der Waals surface area (Å²) in [6, 6.07) is 0.116. The normalized spacial score (nSPS) is 31.5. The van der Waals surface area contributed by atoms with Crippen LogP contribution in [0.25, 0.3) is 0 Å². The van der Waals surface area contributed by atoms with Crippen LogP contribution in [0.15, 0.2) is 0 Å². The van der Waals surface area contributed by atoms with Crippen molar-refractivity contribution in [3.05, 3.63) is 0 Å². The van der Waals surface area contributed by atoms with Gasteiger partial charge >= 0.3 is 0 Å². The van der Waals surface area contributed by atoms with Crippen LogP contribution in [-0.4, -0.2) is 30.6 Å². The lowest BCUT2D eigenvalue weighted by Crippen LogP contribution is -2.34. The summed E-state index contributed by atoms with van der Waals surface area (Å²) < 4.78 is 24.5. The zero-order valence-electron chi connectivity index (χ0n) is 7.24. The Labute approximate surface area is 68.4 Å². The topological polar surface area (TPSA) is 37.4 Å². The SMILES string of the molecule is CC(C)N1CCC(C)S1(=O)=O. The van der Waals surface area contributed by atoms with Gasteiger partial charge in [0.25, 0.3) is 0 Å². The van der Waals surface area contributed by atoms with Crippen molar-refractivity contribution in [1.29, 1.82) is 0 Å². The lowest BCUT2D eigenvalue weighted by atomic mass is 10.3. The van der Waals surface area contributed by atoms with Crippen molar-refractivity contribution < 1.29 is 8.42 Å². The first-order valence-corrected chi connectivity index (χ1v) is 5.47. The average Bonchev–Trinajstić information content (AvgIpc) is 2.08. The van der Waals surface area contributed by atoms with Crippen molar-refractivity contribution in [1.82, 2.24) is 4.31 Å². The lowest BCUT2D eigenvalue weighted by Gasteiger charge is -2.19. The Kier molecular flexibility index (Phi) is 2.25. The molecule has 11 heavy (non-hydrogen) atoms. The van der Waals surface area contributed by atoms with Gasteiger partial charge in [0.05, 0.1) is 5.25 Å². The number of hydrogen-bond donors (Lipinski definition) is 0. The zero-order chi connectivity index (χ0) is 8.65. The van der Waals surface area contributed by atoms with E-state index in [2.05, 4.69) is 0 Å². The quantitative estimate of drug-likeness (QED) is 0.594. The molecule has 0 saturated carbocycles. The second-order valence-corrected chi connectivity index (χ2v) is 5.65. The van der Waals surface area contributed by atoms with E-state index in [1.165, 1.54) is 0 Å². The minimum atomic E-state index is -2.93. The molecular weight excluding hydrogens is 162 g/mol. The van der Waals surface area contributed by atoms with Crippen LogP contribution in [0.4, 0.5) is 0 Å². The molecule has 1 unspecified atom stereocenters. The van der Waals surface area contributed by atoms with Gasteiger partial charge in [-0.05, 0) is 27.2 Å². The summed E-state index contributed by atoms with van der Waals surface area (Å²) in [7, 11) is -2.93. The molecule has 1 atom stereocenters. The minimum absolute atomic E-state index is 0.116. The Balaban J connectivity index is 2.88. The van der Waals surface area contributed by atoms with E-state index >= 15 is 0 Å². The molecule has 1 rings (SSSR count). The molecular formula is C7H15NO2S. The van der Waals surface area contributed by atoms with Crippen molar-refractivity contribution in [2.75, 3.05) is 6.54 Å². The summed E-state index contributed by atoms with van der Waals surface area (Å²) in [5.41, 5.74) is 0. The number of rotatable bonds is 1. The molecule has 0 aliphatic carbocycles. The van der Waals surface area contributed by atoms with E-state index in [-0.39, 0.29) is 11.3 Å². The molecule has 66 valence electrons. The van der Waals surface area contributed by atoms with Gasteiger partial charge in [-0.1, -0.05) is 0 Å². The van der Waals surface area contributed by atoms with E-state index in [1.807, 2.05) is 13.8 Å². The van der Waals surface area contributed by atoms with E-state index < -0.39 is 10.0 Å². The van der Waals surface area contributed by atoms with E-state index in [4.69, 9.17) is 0 Å². The van der Waals surface area contributed by atoms with Crippen LogP contribution in [-0.2, 0) is 10.0 Å². The van der Waals surface area contributed by atoms with Gasteiger partial charge in [0.15, 0.2) is 0 Å². The Hall–Kier alpha value is -0.0900. The fourth-order valence-corrected chi connectivity index (χ4v) is 3.18. The molecule has 0 amide bonds. The predicted octanol–water partition coefficient (Wildman–Crippen LogP) is 0.819. The van der Waals surface area contributed by atoms with Gasteiger partial charge in [0.1, 0.15) is 0 Å². The summed E-state index contributed by atoms with van der Waals surface area (Å²) in [5, 5.41) is -0.176. The second kappa shape index (κ2) is 2.75. The predicted molar refractivity (Wildman–Crippen MR) is 44.8 cm³/mol. The summed E-state index contributed by atoms with van der Waals surface area (Å²) in [6.45, 7) is 6.30. The van der Waals surface area contributed by atoms with Gasteiger partial charge in [-0.2, -0.15) is 4.31 Å². The van der Waals surface area contributed by atoms with Crippen LogP contribution >= 0.6 is 0 Å². The highest BCUT2D eigenvalue weighted by atomic mass is 32.2. The van der Waals surface area contributed by atoms with Crippen LogP contribution in [0.1, 0.15) is 27.2 Å². The first kappa shape index (κ1) is 9.00. The van der Waals surface area contributed by atoms with E-state index in [9.17, 15) is 8.42 Å². The molecule has 1 fully saturated rings. The first-order chi connectivity index (χ1) is 4.96. The van der Waals surface area contributed by atoms with Crippen LogP contribution in [0, 0.1) is 0 Å². The summed E-state index contributed by atoms with van der Waals surface area (Å²) >= 11 is 0. The second-order valence-electron chi connectivity index (χ2n) is 3.35. The molecule has 3 nitrogen and oxygen atoms in total. The maximum absolute atomic E-state index is 11.5. The molecule has 0 N–H and O–H groups in total. The monoisotopic (exact) mass is 177 g/mol. The molecule has 0 aromatic rings. The average molecular weight is 177 g/mol. The van der Waals surface area contributed by atoms with Gasteiger partial charge < -0.3 is 0 Å². The Morgan fingerprint density at radius 3 is 2.18 bits per heavy atom. The van der Waals surface area contributed by atoms with Crippen LogP contribution in [0.3, 0.4) is 0 Å². The van der Waals surface area contributed by atoms with Crippen molar-refractivity contribution in [2.45, 2.75) is 38.5 Å². The molecule has 0 bridgehead atoms. The standard InChI is InChI=1S/C7H15NO2S/c1-6(2)8-5-4-7(3)11(8,9)10/h6-7H,4-5H2,1-3H3. The fraction of sp³-hybridized carbons (Fsp3) is 1.00. The maximum Gasteiger partial charge on any atom is 0.216 e. The first-order valence-electron chi connectivity index (χ1n) is 3.97. The maximum atomic E-state index is 11.5. The third-order valence-electron chi connectivity index (χ3n) is 2.17. The van der Waals surface area contributed by atoms with Gasteiger partial charge in [-0.25, -0.2) is 8.42 Å². The highest BCUT2D eigenvalue weighted by Gasteiger charge is 2.36. The Morgan fingerprint density at radius 1 is 1.45 bits per heavy atom. The number of sulfonamides is 1. The van der Waals surface area contributed by atoms with Gasteiger partial charge in [-0.3, -0.25) is 0 Å². The molecule has 1 saturated heterocycles. The van der Waals surface area contributed by atoms with E-state index in [1.54, 1.807) is 11.2 Å². The molecule has 1 heterocycles. The van der Waals surface area contributed by atoms with E-state index in [0.29, 0.717) is 6.54 Å². The fourth-order valence-electron chi connectivity index (χ4n) is 1.37. The third kappa shape index (κ3) is 1.42. The van der Waals surface area contributed by atoms with Gasteiger partial charge in [0, 0.05) is 12.6 Å². The molecule has 1 aliphatic heterocycles. The largest absolute Gasteiger partial charge is 0.216 e. The van der Waals surface area contributed by atoms with Crippen LogP contribution < -0.4 is 0 Å². The molecule has 4 heteroatoms. The molecule has 0 radical (unpaired) electrons. The van der Waals surface area contributed by atoms with Crippen molar-refractivity contribution in [3.63, 3.8) is 0 Å². The molecule has 0 aromatic carbocycles. The molecule has 0 spiro atoms. The highest BCUT2D eigenvalue weighted by Crippen LogP contribution is 2.23. The number of hydrogen-bond acceptors (Lipinski definition) is 2. The summed E-state index contributed by atoms with van der Waals surface area (Å²) in [5.74, 6) is 0. The van der Waals surface area contributed by atoms with Gasteiger partial charge in [0.2, 0.25) is 10.0 Å². The zero-order valence-corrected chi connectivity index (χ0v) is 8.06. The summed E-state index contributed by atoms with van der Waals surface area (Å²) in [4.78, 5) is 0.